The van der Waals surface area contributed by atoms with E-state index in [1.54, 1.807) is 19.9 Å². The highest BCUT2D eigenvalue weighted by Crippen LogP contribution is 2.36. The van der Waals surface area contributed by atoms with E-state index in [1.807, 2.05) is 32.0 Å². The minimum atomic E-state index is -3.86. The smallest absolute Gasteiger partial charge is 0.265 e. The van der Waals surface area contributed by atoms with Gasteiger partial charge in [-0.25, -0.2) is 8.42 Å². The lowest BCUT2D eigenvalue weighted by molar-refractivity contribution is -0.123. The lowest BCUT2D eigenvalue weighted by Gasteiger charge is -2.32. The second-order valence-electron chi connectivity index (χ2n) is 9.02. The minimum absolute atomic E-state index is 0.117. The average Bonchev–Trinajstić information content (AvgIpc) is 2.81. The van der Waals surface area contributed by atoms with E-state index in [1.165, 1.54) is 10.4 Å². The summed E-state index contributed by atoms with van der Waals surface area (Å²) in [7, 11) is -3.86. The molecule has 2 aromatic rings. The number of hydrogen-bond donors (Lipinski definition) is 2. The second kappa shape index (κ2) is 9.38. The van der Waals surface area contributed by atoms with Crippen molar-refractivity contribution < 1.29 is 22.7 Å². The van der Waals surface area contributed by atoms with Gasteiger partial charge in [0.05, 0.1) is 16.5 Å². The van der Waals surface area contributed by atoms with Gasteiger partial charge in [-0.15, -0.1) is 0 Å². The van der Waals surface area contributed by atoms with Gasteiger partial charge in [0, 0.05) is 24.8 Å². The van der Waals surface area contributed by atoms with E-state index in [0.717, 1.165) is 23.2 Å². The van der Waals surface area contributed by atoms with E-state index in [2.05, 4.69) is 10.6 Å². The molecule has 2 aliphatic rings. The van der Waals surface area contributed by atoms with Crippen molar-refractivity contribution >= 4 is 33.2 Å². The number of ether oxygens (including phenoxy) is 1. The van der Waals surface area contributed by atoms with Crippen molar-refractivity contribution in [2.75, 3.05) is 23.7 Å². The fourth-order valence-corrected chi connectivity index (χ4v) is 6.31. The molecular weight excluding hydrogens is 454 g/mol. The van der Waals surface area contributed by atoms with Crippen LogP contribution in [0.4, 0.5) is 11.4 Å². The lowest BCUT2D eigenvalue weighted by atomic mass is 9.98. The molecule has 2 amide bonds. The Morgan fingerprint density at radius 3 is 2.74 bits per heavy atom. The van der Waals surface area contributed by atoms with Crippen LogP contribution in [-0.4, -0.2) is 43.7 Å². The van der Waals surface area contributed by atoms with Crippen molar-refractivity contribution in [3.8, 4) is 5.75 Å². The van der Waals surface area contributed by atoms with Gasteiger partial charge in [-0.05, 0) is 62.8 Å². The monoisotopic (exact) mass is 485 g/mol. The third-order valence-electron chi connectivity index (χ3n) is 6.57. The summed E-state index contributed by atoms with van der Waals surface area (Å²) in [5.41, 5.74) is 3.82. The van der Waals surface area contributed by atoms with Crippen LogP contribution in [0.2, 0.25) is 0 Å². The third-order valence-corrected chi connectivity index (χ3v) is 8.58. The van der Waals surface area contributed by atoms with Crippen LogP contribution in [0.15, 0.2) is 35.2 Å². The third kappa shape index (κ3) is 4.54. The molecule has 0 bridgehead atoms. The van der Waals surface area contributed by atoms with Crippen molar-refractivity contribution in [3.63, 3.8) is 0 Å². The van der Waals surface area contributed by atoms with Gasteiger partial charge in [-0.1, -0.05) is 25.1 Å². The van der Waals surface area contributed by atoms with Gasteiger partial charge >= 0.3 is 0 Å². The van der Waals surface area contributed by atoms with Gasteiger partial charge < -0.3 is 15.4 Å². The molecule has 2 N–H and O–H groups in total. The topological polar surface area (TPSA) is 105 Å². The van der Waals surface area contributed by atoms with Gasteiger partial charge in [-0.3, -0.25) is 9.59 Å². The van der Waals surface area contributed by atoms with Crippen LogP contribution in [0, 0.1) is 19.8 Å². The van der Waals surface area contributed by atoms with Gasteiger partial charge in [0.1, 0.15) is 5.75 Å². The fourth-order valence-electron chi connectivity index (χ4n) is 4.56. The number of aryl methyl sites for hydroxylation is 3. The summed E-state index contributed by atoms with van der Waals surface area (Å²) in [6.45, 7) is 7.76. The summed E-state index contributed by atoms with van der Waals surface area (Å²) in [6.07, 6.45) is 1.31. The summed E-state index contributed by atoms with van der Waals surface area (Å²) in [5.74, 6) is -0.547. The van der Waals surface area contributed by atoms with Crippen LogP contribution in [0.5, 0.6) is 5.75 Å². The van der Waals surface area contributed by atoms with E-state index in [0.29, 0.717) is 36.4 Å². The molecule has 0 spiro atoms. The maximum atomic E-state index is 13.6. The highest BCUT2D eigenvalue weighted by Gasteiger charge is 2.35. The number of nitrogens with zero attached hydrogens (tertiary/aromatic N) is 1. The fraction of sp³-hybridized carbons (Fsp3) is 0.440. The molecule has 0 saturated carbocycles. The zero-order chi connectivity index (χ0) is 24.6. The second-order valence-corrected chi connectivity index (χ2v) is 10.9. The first-order chi connectivity index (χ1) is 16.1. The molecule has 0 radical (unpaired) electrons. The van der Waals surface area contributed by atoms with Crippen LogP contribution in [-0.2, 0) is 26.0 Å². The summed E-state index contributed by atoms with van der Waals surface area (Å²) in [5, 5.41) is 5.79. The largest absolute Gasteiger partial charge is 0.479 e. The number of hydrogen-bond acceptors (Lipinski definition) is 5. The van der Waals surface area contributed by atoms with Gasteiger partial charge in [0.2, 0.25) is 15.9 Å². The highest BCUT2D eigenvalue weighted by molar-refractivity contribution is 7.89. The molecule has 182 valence electrons. The van der Waals surface area contributed by atoms with Crippen LogP contribution in [0.3, 0.4) is 0 Å². The predicted molar refractivity (Wildman–Crippen MR) is 131 cm³/mol. The van der Waals surface area contributed by atoms with E-state index >= 15 is 0 Å². The molecule has 9 heteroatoms. The van der Waals surface area contributed by atoms with Gasteiger partial charge in [0.15, 0.2) is 6.10 Å². The molecule has 34 heavy (non-hydrogen) atoms. The Morgan fingerprint density at radius 1 is 1.24 bits per heavy atom. The van der Waals surface area contributed by atoms with Crippen LogP contribution in [0.25, 0.3) is 0 Å². The first-order valence-electron chi connectivity index (χ1n) is 11.6. The first-order valence-corrected chi connectivity index (χ1v) is 13.1. The van der Waals surface area contributed by atoms with Crippen molar-refractivity contribution in [2.24, 2.45) is 5.92 Å². The number of fused-ring (bicyclic) bond motifs is 1. The summed E-state index contributed by atoms with van der Waals surface area (Å²) in [4.78, 5) is 25.1. The number of piperidine rings is 1. The molecule has 0 aromatic heterocycles. The quantitative estimate of drug-likeness (QED) is 0.673. The first kappa shape index (κ1) is 24.2. The number of anilines is 2. The number of carbonyl (C=O) groups is 2. The number of para-hydroxylation sites is 1. The molecule has 2 heterocycles. The van der Waals surface area contributed by atoms with Crippen LogP contribution in [0.1, 0.15) is 43.4 Å². The van der Waals surface area contributed by atoms with E-state index in [-0.39, 0.29) is 23.3 Å². The summed E-state index contributed by atoms with van der Waals surface area (Å²) >= 11 is 0. The molecule has 2 unspecified atom stereocenters. The standard InChI is InChI=1S/C25H31N3O5S/c1-5-18-9-6-8-15(2)23(18)27-25(30)19-10-7-11-28(14-19)34(31,32)22-13-21-20(12-16(22)3)26-24(29)17(4)33-21/h6,8-9,12-13,17,19H,5,7,10-11,14H2,1-4H3,(H,26,29)(H,27,30). The summed E-state index contributed by atoms with van der Waals surface area (Å²) < 4.78 is 34.2. The number of amides is 2. The summed E-state index contributed by atoms with van der Waals surface area (Å²) in [6, 6.07) is 9.00. The van der Waals surface area contributed by atoms with Gasteiger partial charge in [0.25, 0.3) is 5.91 Å². The van der Waals surface area contributed by atoms with Crippen molar-refractivity contribution in [1.82, 2.24) is 4.31 Å². The molecule has 4 rings (SSSR count). The van der Waals surface area contributed by atoms with Crippen LogP contribution >= 0.6 is 0 Å². The maximum absolute atomic E-state index is 13.6. The van der Waals surface area contributed by atoms with Crippen molar-refractivity contribution in [1.29, 1.82) is 0 Å². The molecule has 1 saturated heterocycles. The average molecular weight is 486 g/mol. The Balaban J connectivity index is 1.56. The molecule has 2 atom stereocenters. The van der Waals surface area contributed by atoms with E-state index in [4.69, 9.17) is 4.74 Å². The predicted octanol–water partition coefficient (Wildman–Crippen LogP) is 3.62. The Kier molecular flexibility index (Phi) is 6.69. The van der Waals surface area contributed by atoms with Crippen molar-refractivity contribution in [2.45, 2.75) is 58.0 Å². The Morgan fingerprint density at radius 2 is 2.00 bits per heavy atom. The maximum Gasteiger partial charge on any atom is 0.265 e. The Labute approximate surface area is 200 Å². The lowest BCUT2D eigenvalue weighted by Crippen LogP contribution is -2.44. The van der Waals surface area contributed by atoms with Crippen molar-refractivity contribution in [3.05, 3.63) is 47.0 Å². The molecule has 2 aliphatic heterocycles. The highest BCUT2D eigenvalue weighted by atomic mass is 32.2. The molecule has 1 fully saturated rings. The van der Waals surface area contributed by atoms with Crippen LogP contribution < -0.4 is 15.4 Å². The number of benzene rings is 2. The number of rotatable bonds is 5. The number of nitrogens with one attached hydrogen (secondary N) is 2. The number of sulfonamides is 1. The number of carbonyl (C=O) groups excluding carboxylic acids is 2. The minimum Gasteiger partial charge on any atom is -0.479 e. The molecular formula is C25H31N3O5S. The zero-order valence-corrected chi connectivity index (χ0v) is 20.8. The Bertz CT molecular complexity index is 1240. The van der Waals surface area contributed by atoms with E-state index in [9.17, 15) is 18.0 Å². The van der Waals surface area contributed by atoms with E-state index < -0.39 is 22.0 Å². The molecule has 2 aromatic carbocycles. The molecule has 0 aliphatic carbocycles. The molecule has 8 nitrogen and oxygen atoms in total. The normalized spacial score (nSPS) is 20.8. The zero-order valence-electron chi connectivity index (χ0n) is 20.0. The Hall–Kier alpha value is -2.91. The SMILES string of the molecule is CCc1cccc(C)c1NC(=O)C1CCCN(S(=O)(=O)c2cc3c(cc2C)NC(=O)C(C)O3)C1. The van der Waals surface area contributed by atoms with Gasteiger partial charge in [-0.2, -0.15) is 4.31 Å².